The molecule has 1 atom stereocenters. The lowest BCUT2D eigenvalue weighted by Crippen LogP contribution is -2.43. The molecule has 2 saturated heterocycles. The van der Waals surface area contributed by atoms with Crippen molar-refractivity contribution in [3.05, 3.63) is 23.8 Å². The van der Waals surface area contributed by atoms with Crippen LogP contribution >= 0.6 is 0 Å². The second-order valence-corrected chi connectivity index (χ2v) is 5.16. The zero-order valence-corrected chi connectivity index (χ0v) is 11.5. The molecule has 2 fully saturated rings. The van der Waals surface area contributed by atoms with Crippen LogP contribution in [0.2, 0.25) is 0 Å². The first-order valence-electron chi connectivity index (χ1n) is 7.04. The Labute approximate surface area is 121 Å². The number of carbonyl (C=O) groups excluding carboxylic acids is 1. The van der Waals surface area contributed by atoms with Gasteiger partial charge in [0.1, 0.15) is 5.82 Å². The first-order valence-corrected chi connectivity index (χ1v) is 7.04. The molecule has 3 rings (SSSR count). The lowest BCUT2D eigenvalue weighted by Gasteiger charge is -2.30. The van der Waals surface area contributed by atoms with Gasteiger partial charge >= 0.3 is 0 Å². The highest BCUT2D eigenvalue weighted by molar-refractivity contribution is 5.83. The number of nitrogens with zero attached hydrogens (tertiary/aromatic N) is 1. The van der Waals surface area contributed by atoms with Crippen molar-refractivity contribution in [1.29, 1.82) is 0 Å². The summed E-state index contributed by atoms with van der Waals surface area (Å²) in [6.45, 7) is 3.30. The second kappa shape index (κ2) is 5.85. The fraction of sp³-hybridized carbons (Fsp3) is 0.500. The monoisotopic (exact) mass is 297 g/mol. The molecule has 5 nitrogen and oxygen atoms in total. The summed E-state index contributed by atoms with van der Waals surface area (Å²) in [5, 5.41) is 5.79. The number of halogens is 2. The minimum Gasteiger partial charge on any atom is -0.477 e. The fourth-order valence-corrected chi connectivity index (χ4v) is 2.59. The van der Waals surface area contributed by atoms with Gasteiger partial charge in [-0.1, -0.05) is 0 Å². The van der Waals surface area contributed by atoms with Crippen LogP contribution in [0.1, 0.15) is 6.42 Å². The highest BCUT2D eigenvalue weighted by Crippen LogP contribution is 2.29. The maximum atomic E-state index is 14.0. The quantitative estimate of drug-likeness (QED) is 0.860. The number of amides is 1. The van der Waals surface area contributed by atoms with E-state index >= 15 is 0 Å². The lowest BCUT2D eigenvalue weighted by atomic mass is 10.2. The molecule has 0 spiro atoms. The van der Waals surface area contributed by atoms with Crippen molar-refractivity contribution in [3.8, 4) is 5.75 Å². The molecule has 0 radical (unpaired) electrons. The van der Waals surface area contributed by atoms with Gasteiger partial charge < -0.3 is 20.3 Å². The van der Waals surface area contributed by atoms with Crippen molar-refractivity contribution >= 4 is 11.6 Å². The molecule has 1 aromatic carbocycles. The summed E-state index contributed by atoms with van der Waals surface area (Å²) in [6, 6.07) is 2.17. The first-order chi connectivity index (χ1) is 10.1. The molecule has 0 aliphatic carbocycles. The molecule has 0 aromatic heterocycles. The van der Waals surface area contributed by atoms with Gasteiger partial charge in [0.15, 0.2) is 17.7 Å². The molecule has 0 unspecified atom stereocenters. The van der Waals surface area contributed by atoms with Crippen molar-refractivity contribution in [2.75, 3.05) is 37.6 Å². The molecular formula is C14H17F2N3O2. The van der Waals surface area contributed by atoms with Gasteiger partial charge in [0.05, 0.1) is 5.69 Å². The Kier molecular flexibility index (Phi) is 3.92. The van der Waals surface area contributed by atoms with E-state index in [4.69, 9.17) is 4.74 Å². The zero-order chi connectivity index (χ0) is 14.8. The fourth-order valence-electron chi connectivity index (χ4n) is 2.59. The van der Waals surface area contributed by atoms with Crippen molar-refractivity contribution in [1.82, 2.24) is 10.6 Å². The Bertz CT molecular complexity index is 547. The van der Waals surface area contributed by atoms with Crippen molar-refractivity contribution in [3.63, 3.8) is 0 Å². The molecule has 2 N–H and O–H groups in total. The van der Waals surface area contributed by atoms with Crippen LogP contribution in [-0.2, 0) is 4.79 Å². The summed E-state index contributed by atoms with van der Waals surface area (Å²) in [4.78, 5) is 13.3. The predicted octanol–water partition coefficient (Wildman–Crippen LogP) is 0.642. The lowest BCUT2D eigenvalue weighted by molar-refractivity contribution is -0.124. The van der Waals surface area contributed by atoms with E-state index in [0.717, 1.165) is 19.2 Å². The number of benzene rings is 1. The number of anilines is 1. The van der Waals surface area contributed by atoms with Gasteiger partial charge in [-0.3, -0.25) is 4.79 Å². The van der Waals surface area contributed by atoms with Gasteiger partial charge in [-0.15, -0.1) is 0 Å². The van der Waals surface area contributed by atoms with E-state index in [1.54, 1.807) is 0 Å². The van der Waals surface area contributed by atoms with E-state index in [-0.39, 0.29) is 11.7 Å². The maximum absolute atomic E-state index is 14.0. The highest BCUT2D eigenvalue weighted by Gasteiger charge is 2.28. The van der Waals surface area contributed by atoms with Gasteiger partial charge in [-0.05, 0) is 0 Å². The minimum absolute atomic E-state index is 0.0769. The average molecular weight is 297 g/mol. The van der Waals surface area contributed by atoms with Gasteiger partial charge in [-0.25, -0.2) is 8.78 Å². The number of hydrogen-bond acceptors (Lipinski definition) is 4. The predicted molar refractivity (Wildman–Crippen MR) is 73.5 cm³/mol. The molecule has 21 heavy (non-hydrogen) atoms. The minimum atomic E-state index is -0.786. The summed E-state index contributed by atoms with van der Waals surface area (Å²) < 4.78 is 33.2. The van der Waals surface area contributed by atoms with Crippen LogP contribution in [0, 0.1) is 11.6 Å². The number of rotatable bonds is 3. The smallest absolute Gasteiger partial charge is 0.261 e. The molecule has 114 valence electrons. The molecule has 2 aliphatic heterocycles. The molecule has 1 amide bonds. The molecule has 0 bridgehead atoms. The van der Waals surface area contributed by atoms with E-state index in [0.29, 0.717) is 31.7 Å². The Hall–Kier alpha value is -1.89. The molecule has 7 heteroatoms. The van der Waals surface area contributed by atoms with Crippen LogP contribution in [0.25, 0.3) is 0 Å². The largest absolute Gasteiger partial charge is 0.477 e. The number of piperazine rings is 1. The van der Waals surface area contributed by atoms with E-state index in [2.05, 4.69) is 10.6 Å². The Morgan fingerprint density at radius 2 is 1.90 bits per heavy atom. The normalized spacial score (nSPS) is 22.3. The van der Waals surface area contributed by atoms with E-state index in [1.807, 2.05) is 4.90 Å². The third kappa shape index (κ3) is 2.92. The number of carbonyl (C=O) groups is 1. The maximum Gasteiger partial charge on any atom is 0.261 e. The van der Waals surface area contributed by atoms with Crippen LogP contribution in [0.3, 0.4) is 0 Å². The molecule has 2 heterocycles. The zero-order valence-electron chi connectivity index (χ0n) is 11.5. The van der Waals surface area contributed by atoms with Crippen LogP contribution in [0.4, 0.5) is 14.5 Å². The Balaban J connectivity index is 1.84. The van der Waals surface area contributed by atoms with Gasteiger partial charge in [0, 0.05) is 51.3 Å². The summed E-state index contributed by atoms with van der Waals surface area (Å²) >= 11 is 0. The topological polar surface area (TPSA) is 53.6 Å². The van der Waals surface area contributed by atoms with E-state index in [1.165, 1.54) is 6.07 Å². The molecule has 2 aliphatic rings. The first kappa shape index (κ1) is 14.1. The van der Waals surface area contributed by atoms with E-state index < -0.39 is 17.7 Å². The summed E-state index contributed by atoms with van der Waals surface area (Å²) in [5.74, 6) is -1.74. The van der Waals surface area contributed by atoms with Crippen LogP contribution in [0.15, 0.2) is 12.1 Å². The van der Waals surface area contributed by atoms with Crippen molar-refractivity contribution in [2.45, 2.75) is 12.5 Å². The van der Waals surface area contributed by atoms with Crippen molar-refractivity contribution in [2.24, 2.45) is 0 Å². The number of nitrogens with one attached hydrogen (secondary N) is 2. The Morgan fingerprint density at radius 3 is 2.57 bits per heavy atom. The standard InChI is InChI=1S/C14H17F2N3O2/c15-9-7-10(16)13(21-12-1-2-18-14(12)20)8-11(9)19-5-3-17-4-6-19/h7-8,12,17H,1-6H2,(H,18,20)/t12-/m0/s1. The third-order valence-corrected chi connectivity index (χ3v) is 3.73. The summed E-state index contributed by atoms with van der Waals surface area (Å²) in [5.41, 5.74) is 0.311. The SMILES string of the molecule is O=C1NCC[C@@H]1Oc1cc(N2CCNCC2)c(F)cc1F. The van der Waals surface area contributed by atoms with E-state index in [9.17, 15) is 13.6 Å². The average Bonchev–Trinajstić information content (AvgIpc) is 2.88. The highest BCUT2D eigenvalue weighted by atomic mass is 19.1. The van der Waals surface area contributed by atoms with Crippen molar-refractivity contribution < 1.29 is 18.3 Å². The van der Waals surface area contributed by atoms with Gasteiger partial charge in [0.25, 0.3) is 5.91 Å². The molecule has 0 saturated carbocycles. The summed E-state index contributed by atoms with van der Waals surface area (Å²) in [6.07, 6.45) is -0.223. The summed E-state index contributed by atoms with van der Waals surface area (Å²) in [7, 11) is 0. The van der Waals surface area contributed by atoms with Crippen LogP contribution in [0.5, 0.6) is 5.75 Å². The van der Waals surface area contributed by atoms with Crippen LogP contribution in [-0.4, -0.2) is 44.7 Å². The second-order valence-electron chi connectivity index (χ2n) is 5.16. The van der Waals surface area contributed by atoms with Gasteiger partial charge in [0.2, 0.25) is 0 Å². The molecular weight excluding hydrogens is 280 g/mol. The number of ether oxygens (including phenoxy) is 1. The molecule has 1 aromatic rings. The third-order valence-electron chi connectivity index (χ3n) is 3.73. The van der Waals surface area contributed by atoms with Gasteiger partial charge in [-0.2, -0.15) is 0 Å². The van der Waals surface area contributed by atoms with Crippen LogP contribution < -0.4 is 20.3 Å². The Morgan fingerprint density at radius 1 is 1.14 bits per heavy atom. The number of hydrogen-bond donors (Lipinski definition) is 2.